The number of alkyl halides is 1. The minimum absolute atomic E-state index is 0.125. The second-order valence-corrected chi connectivity index (χ2v) is 5.56. The van der Waals surface area contributed by atoms with Crippen LogP contribution in [0.4, 0.5) is 0 Å². The molecule has 1 unspecified atom stereocenters. The maximum atomic E-state index is 12.1. The molecule has 0 aromatic heterocycles. The van der Waals surface area contributed by atoms with Crippen LogP contribution in [0.15, 0.2) is 12.1 Å². The summed E-state index contributed by atoms with van der Waals surface area (Å²) in [5.41, 5.74) is 1.04. The third-order valence-electron chi connectivity index (χ3n) is 2.95. The maximum absolute atomic E-state index is 12.1. The van der Waals surface area contributed by atoms with Crippen LogP contribution in [0.5, 0.6) is 0 Å². The lowest BCUT2D eigenvalue weighted by atomic mass is 10.1. The van der Waals surface area contributed by atoms with E-state index in [0.717, 1.165) is 6.42 Å². The number of halogens is 3. The van der Waals surface area contributed by atoms with Crippen molar-refractivity contribution in [3.8, 4) is 0 Å². The molecule has 0 aliphatic heterocycles. The molecular formula is C14H16Cl3NO2. The number of hydrogen-bond acceptors (Lipinski definition) is 2. The van der Waals surface area contributed by atoms with E-state index in [4.69, 9.17) is 34.8 Å². The first-order valence-electron chi connectivity index (χ1n) is 6.25. The van der Waals surface area contributed by atoms with E-state index in [1.807, 2.05) is 6.92 Å². The number of carbonyl (C=O) groups excluding carboxylic acids is 2. The van der Waals surface area contributed by atoms with Crippen LogP contribution in [0.1, 0.15) is 35.7 Å². The Morgan fingerprint density at radius 3 is 2.25 bits per heavy atom. The average molecular weight is 337 g/mol. The van der Waals surface area contributed by atoms with Crippen molar-refractivity contribution in [3.05, 3.63) is 33.3 Å². The van der Waals surface area contributed by atoms with E-state index in [9.17, 15) is 9.59 Å². The molecule has 1 N–H and O–H groups in total. The molecule has 0 bridgehead atoms. The van der Waals surface area contributed by atoms with E-state index in [0.29, 0.717) is 27.6 Å². The van der Waals surface area contributed by atoms with Gasteiger partial charge in [0.05, 0.1) is 11.9 Å². The standard InChI is InChI=1S/C14H16Cl3NO2/c1-3-4-12(13(19)7-15)18-14(20)9-5-10(16)8(2)11(17)6-9/h5-6,12H,3-4,7H2,1-2H3,(H,18,20). The van der Waals surface area contributed by atoms with Crippen LogP contribution >= 0.6 is 34.8 Å². The van der Waals surface area contributed by atoms with Gasteiger partial charge in [0, 0.05) is 15.6 Å². The number of carbonyl (C=O) groups is 2. The molecule has 1 amide bonds. The number of ketones is 1. The van der Waals surface area contributed by atoms with Gasteiger partial charge in [-0.15, -0.1) is 11.6 Å². The molecule has 0 aliphatic rings. The zero-order chi connectivity index (χ0) is 15.3. The molecule has 1 rings (SSSR count). The smallest absolute Gasteiger partial charge is 0.251 e. The topological polar surface area (TPSA) is 46.2 Å². The fourth-order valence-electron chi connectivity index (χ4n) is 1.71. The van der Waals surface area contributed by atoms with Crippen molar-refractivity contribution in [2.24, 2.45) is 0 Å². The predicted molar refractivity (Wildman–Crippen MR) is 83.1 cm³/mol. The Hall–Kier alpha value is -0.770. The van der Waals surface area contributed by atoms with Crippen molar-refractivity contribution < 1.29 is 9.59 Å². The maximum Gasteiger partial charge on any atom is 0.251 e. The van der Waals surface area contributed by atoms with Gasteiger partial charge >= 0.3 is 0 Å². The van der Waals surface area contributed by atoms with Gasteiger partial charge in [0.25, 0.3) is 5.91 Å². The van der Waals surface area contributed by atoms with E-state index in [-0.39, 0.29) is 17.6 Å². The number of Topliss-reactive ketones (excluding diaryl/α,β-unsaturated/α-hetero) is 1. The van der Waals surface area contributed by atoms with Crippen molar-refractivity contribution in [3.63, 3.8) is 0 Å². The highest BCUT2D eigenvalue weighted by Gasteiger charge is 2.20. The number of hydrogen-bond donors (Lipinski definition) is 1. The highest BCUT2D eigenvalue weighted by molar-refractivity contribution is 6.36. The van der Waals surface area contributed by atoms with Crippen molar-refractivity contribution >= 4 is 46.5 Å². The molecule has 0 radical (unpaired) electrons. The summed E-state index contributed by atoms with van der Waals surface area (Å²) < 4.78 is 0. The number of nitrogens with one attached hydrogen (secondary N) is 1. The predicted octanol–water partition coefficient (Wildman–Crippen LogP) is 4.01. The van der Waals surface area contributed by atoms with Gasteiger partial charge in [0.1, 0.15) is 0 Å². The van der Waals surface area contributed by atoms with E-state index in [2.05, 4.69) is 5.32 Å². The van der Waals surface area contributed by atoms with Gasteiger partial charge in [-0.05, 0) is 31.0 Å². The minimum atomic E-state index is -0.580. The number of rotatable bonds is 6. The van der Waals surface area contributed by atoms with Crippen LogP contribution in [0.2, 0.25) is 10.0 Å². The molecule has 0 fully saturated rings. The molecule has 6 heteroatoms. The lowest BCUT2D eigenvalue weighted by Crippen LogP contribution is -2.41. The van der Waals surface area contributed by atoms with E-state index in [1.165, 1.54) is 12.1 Å². The SMILES string of the molecule is CCCC(NC(=O)c1cc(Cl)c(C)c(Cl)c1)C(=O)CCl. The Kier molecular flexibility index (Phi) is 6.80. The van der Waals surface area contributed by atoms with Crippen molar-refractivity contribution in [1.82, 2.24) is 5.32 Å². The number of amides is 1. The van der Waals surface area contributed by atoms with Gasteiger partial charge in [-0.1, -0.05) is 36.5 Å². The molecular weight excluding hydrogens is 321 g/mol. The Balaban J connectivity index is 2.91. The summed E-state index contributed by atoms with van der Waals surface area (Å²) in [5.74, 6) is -0.711. The summed E-state index contributed by atoms with van der Waals surface area (Å²) >= 11 is 17.5. The fourth-order valence-corrected chi connectivity index (χ4v) is 2.39. The molecule has 1 atom stereocenters. The fraction of sp³-hybridized carbons (Fsp3) is 0.429. The molecule has 3 nitrogen and oxygen atoms in total. The van der Waals surface area contributed by atoms with Crippen LogP contribution in [-0.4, -0.2) is 23.6 Å². The zero-order valence-corrected chi connectivity index (χ0v) is 13.6. The van der Waals surface area contributed by atoms with Crippen molar-refractivity contribution in [1.29, 1.82) is 0 Å². The first-order chi connectivity index (χ1) is 9.40. The molecule has 0 saturated carbocycles. The summed E-state index contributed by atoms with van der Waals surface area (Å²) in [6.45, 7) is 3.70. The van der Waals surface area contributed by atoms with E-state index in [1.54, 1.807) is 6.92 Å². The summed E-state index contributed by atoms with van der Waals surface area (Å²) in [6, 6.07) is 2.49. The second kappa shape index (κ2) is 7.87. The van der Waals surface area contributed by atoms with Crippen molar-refractivity contribution in [2.75, 3.05) is 5.88 Å². The Bertz CT molecular complexity index is 494. The molecule has 0 aliphatic carbocycles. The summed E-state index contributed by atoms with van der Waals surface area (Å²) in [6.07, 6.45) is 1.31. The van der Waals surface area contributed by atoms with Crippen LogP contribution < -0.4 is 5.32 Å². The first kappa shape index (κ1) is 17.3. The molecule has 1 aromatic carbocycles. The van der Waals surface area contributed by atoms with Crippen molar-refractivity contribution in [2.45, 2.75) is 32.7 Å². The third kappa shape index (κ3) is 4.37. The molecule has 20 heavy (non-hydrogen) atoms. The van der Waals surface area contributed by atoms with Crippen LogP contribution in [0, 0.1) is 6.92 Å². The zero-order valence-electron chi connectivity index (χ0n) is 11.3. The summed E-state index contributed by atoms with van der Waals surface area (Å²) in [7, 11) is 0. The molecule has 1 aromatic rings. The first-order valence-corrected chi connectivity index (χ1v) is 7.54. The van der Waals surface area contributed by atoms with E-state index >= 15 is 0 Å². The Morgan fingerprint density at radius 2 is 1.80 bits per heavy atom. The molecule has 0 heterocycles. The van der Waals surface area contributed by atoms with Gasteiger partial charge in [-0.25, -0.2) is 0 Å². The van der Waals surface area contributed by atoms with Gasteiger partial charge in [-0.2, -0.15) is 0 Å². The highest BCUT2D eigenvalue weighted by atomic mass is 35.5. The van der Waals surface area contributed by atoms with Gasteiger partial charge in [0.2, 0.25) is 0 Å². The number of benzene rings is 1. The minimum Gasteiger partial charge on any atom is -0.342 e. The Labute approximate surface area is 133 Å². The monoisotopic (exact) mass is 335 g/mol. The van der Waals surface area contributed by atoms with Crippen LogP contribution in [0.25, 0.3) is 0 Å². The average Bonchev–Trinajstić information content (AvgIpc) is 2.42. The summed E-state index contributed by atoms with van der Waals surface area (Å²) in [4.78, 5) is 23.8. The highest BCUT2D eigenvalue weighted by Crippen LogP contribution is 2.25. The molecule has 0 spiro atoms. The summed E-state index contributed by atoms with van der Waals surface area (Å²) in [5, 5.41) is 3.50. The second-order valence-electron chi connectivity index (χ2n) is 4.48. The normalized spacial score (nSPS) is 12.1. The molecule has 110 valence electrons. The van der Waals surface area contributed by atoms with Gasteiger partial charge < -0.3 is 5.32 Å². The lowest BCUT2D eigenvalue weighted by Gasteiger charge is -2.16. The van der Waals surface area contributed by atoms with Gasteiger partial charge in [0.15, 0.2) is 5.78 Å². The Morgan fingerprint density at radius 1 is 1.25 bits per heavy atom. The molecule has 0 saturated heterocycles. The van der Waals surface area contributed by atoms with Gasteiger partial charge in [-0.3, -0.25) is 9.59 Å². The lowest BCUT2D eigenvalue weighted by molar-refractivity contribution is -0.118. The van der Waals surface area contributed by atoms with Crippen LogP contribution in [-0.2, 0) is 4.79 Å². The largest absolute Gasteiger partial charge is 0.342 e. The quantitative estimate of drug-likeness (QED) is 0.798. The van der Waals surface area contributed by atoms with Crippen LogP contribution in [0.3, 0.4) is 0 Å². The van der Waals surface area contributed by atoms with E-state index < -0.39 is 6.04 Å². The third-order valence-corrected chi connectivity index (χ3v) is 3.99.